The Kier molecular flexibility index (Phi) is 2.98. The van der Waals surface area contributed by atoms with Crippen LogP contribution in [0.5, 0.6) is 0 Å². The molecule has 0 bridgehead atoms. The number of amides is 1. The number of carbonyl (C=O) groups excluding carboxylic acids is 1. The largest absolute Gasteiger partial charge is 0.443 e. The molecule has 6 heteroatoms. The first-order valence-corrected chi connectivity index (χ1v) is 6.35. The lowest BCUT2D eigenvalue weighted by molar-refractivity contribution is 0.0950. The van der Waals surface area contributed by atoms with E-state index in [0.717, 1.165) is 11.1 Å². The highest BCUT2D eigenvalue weighted by Crippen LogP contribution is 2.25. The Morgan fingerprint density at radius 3 is 3.00 bits per heavy atom. The minimum atomic E-state index is -0.144. The van der Waals surface area contributed by atoms with Gasteiger partial charge in [-0.1, -0.05) is 0 Å². The van der Waals surface area contributed by atoms with Crippen LogP contribution < -0.4 is 5.32 Å². The zero-order chi connectivity index (χ0) is 14.1. The molecule has 0 unspecified atom stereocenters. The second kappa shape index (κ2) is 4.80. The number of oxazole rings is 1. The quantitative estimate of drug-likeness (QED) is 0.790. The smallest absolute Gasteiger partial charge is 0.269 e. The van der Waals surface area contributed by atoms with E-state index in [1.165, 1.54) is 6.39 Å². The lowest BCUT2D eigenvalue weighted by atomic mass is 10.2. The molecule has 0 aliphatic carbocycles. The Hall–Kier alpha value is -2.63. The van der Waals surface area contributed by atoms with Crippen LogP contribution in [0.3, 0.4) is 0 Å². The van der Waals surface area contributed by atoms with Crippen LogP contribution in [0.15, 0.2) is 35.5 Å². The van der Waals surface area contributed by atoms with Crippen molar-refractivity contribution in [3.8, 4) is 11.3 Å². The van der Waals surface area contributed by atoms with Gasteiger partial charge in [-0.15, -0.1) is 0 Å². The van der Waals surface area contributed by atoms with E-state index in [1.807, 2.05) is 26.1 Å². The molecule has 0 spiro atoms. The highest BCUT2D eigenvalue weighted by Gasteiger charge is 2.16. The van der Waals surface area contributed by atoms with Gasteiger partial charge < -0.3 is 9.73 Å². The molecule has 3 aromatic heterocycles. The van der Waals surface area contributed by atoms with Crippen LogP contribution in [-0.4, -0.2) is 26.8 Å². The summed E-state index contributed by atoms with van der Waals surface area (Å²) >= 11 is 0. The van der Waals surface area contributed by atoms with Gasteiger partial charge in [0.2, 0.25) is 0 Å². The number of rotatable bonds is 3. The minimum Gasteiger partial charge on any atom is -0.443 e. The second-order valence-electron chi connectivity index (χ2n) is 4.49. The fourth-order valence-corrected chi connectivity index (χ4v) is 2.17. The zero-order valence-electron chi connectivity index (χ0n) is 11.3. The molecule has 3 aromatic rings. The molecule has 0 fully saturated rings. The summed E-state index contributed by atoms with van der Waals surface area (Å²) in [6, 6.07) is 1.96. The van der Waals surface area contributed by atoms with Gasteiger partial charge in [-0.05, 0) is 25.5 Å². The van der Waals surface area contributed by atoms with Gasteiger partial charge in [-0.2, -0.15) is 0 Å². The van der Waals surface area contributed by atoms with Crippen LogP contribution in [0, 0.1) is 6.92 Å². The summed E-state index contributed by atoms with van der Waals surface area (Å²) in [4.78, 5) is 20.3. The van der Waals surface area contributed by atoms with Gasteiger partial charge in [0, 0.05) is 12.7 Å². The van der Waals surface area contributed by atoms with E-state index in [2.05, 4.69) is 15.3 Å². The fraction of sp³-hybridized carbons (Fsp3) is 0.214. The summed E-state index contributed by atoms with van der Waals surface area (Å²) in [6.07, 6.45) is 6.46. The Bertz CT molecular complexity index is 759. The number of fused-ring (bicyclic) bond motifs is 1. The van der Waals surface area contributed by atoms with Crippen molar-refractivity contribution in [3.63, 3.8) is 0 Å². The van der Waals surface area contributed by atoms with Gasteiger partial charge in [0.1, 0.15) is 11.3 Å². The second-order valence-corrected chi connectivity index (χ2v) is 4.49. The molecule has 0 radical (unpaired) electrons. The van der Waals surface area contributed by atoms with Crippen LogP contribution in [0.4, 0.5) is 0 Å². The van der Waals surface area contributed by atoms with Crippen LogP contribution >= 0.6 is 0 Å². The van der Waals surface area contributed by atoms with Crippen LogP contribution in [0.2, 0.25) is 0 Å². The molecular weight excluding hydrogens is 256 g/mol. The van der Waals surface area contributed by atoms with Crippen molar-refractivity contribution in [2.24, 2.45) is 0 Å². The number of nitrogens with zero attached hydrogens (tertiary/aromatic N) is 3. The van der Waals surface area contributed by atoms with Gasteiger partial charge in [0.25, 0.3) is 5.91 Å². The van der Waals surface area contributed by atoms with E-state index in [9.17, 15) is 4.79 Å². The standard InChI is InChI=1S/C14H14N4O2/c1-3-16-14(19)11-5-17-13-10(12-6-15-8-20-12)4-9(2)7-18(11)13/h4-8H,3H2,1-2H3,(H,16,19). The van der Waals surface area contributed by atoms with Crippen molar-refractivity contribution in [1.82, 2.24) is 19.7 Å². The van der Waals surface area contributed by atoms with E-state index >= 15 is 0 Å². The number of pyridine rings is 1. The maximum atomic E-state index is 12.0. The van der Waals surface area contributed by atoms with E-state index in [4.69, 9.17) is 4.42 Å². The highest BCUT2D eigenvalue weighted by molar-refractivity contribution is 5.94. The third kappa shape index (κ3) is 1.95. The monoisotopic (exact) mass is 270 g/mol. The van der Waals surface area contributed by atoms with E-state index in [1.54, 1.807) is 16.8 Å². The first-order valence-electron chi connectivity index (χ1n) is 6.35. The molecule has 0 saturated heterocycles. The predicted octanol–water partition coefficient (Wildman–Crippen LogP) is 2.05. The van der Waals surface area contributed by atoms with Crippen molar-refractivity contribution >= 4 is 11.6 Å². The Morgan fingerprint density at radius 2 is 2.30 bits per heavy atom. The van der Waals surface area contributed by atoms with Gasteiger partial charge >= 0.3 is 0 Å². The fourth-order valence-electron chi connectivity index (χ4n) is 2.17. The molecule has 3 heterocycles. The molecule has 20 heavy (non-hydrogen) atoms. The van der Waals surface area contributed by atoms with Crippen LogP contribution in [0.25, 0.3) is 17.0 Å². The van der Waals surface area contributed by atoms with Gasteiger partial charge in [0.05, 0.1) is 18.0 Å². The van der Waals surface area contributed by atoms with Crippen LogP contribution in [0.1, 0.15) is 23.0 Å². The summed E-state index contributed by atoms with van der Waals surface area (Å²) in [5, 5.41) is 2.78. The lowest BCUT2D eigenvalue weighted by Crippen LogP contribution is -2.24. The lowest BCUT2D eigenvalue weighted by Gasteiger charge is -2.06. The van der Waals surface area contributed by atoms with Crippen molar-refractivity contribution in [3.05, 3.63) is 42.3 Å². The first-order chi connectivity index (χ1) is 9.70. The molecule has 0 atom stereocenters. The highest BCUT2D eigenvalue weighted by atomic mass is 16.3. The average Bonchev–Trinajstić information content (AvgIpc) is 3.07. The number of imidazole rings is 1. The number of hydrogen-bond acceptors (Lipinski definition) is 4. The molecule has 0 saturated carbocycles. The topological polar surface area (TPSA) is 72.4 Å². The molecule has 1 amide bonds. The van der Waals surface area contributed by atoms with Crippen molar-refractivity contribution < 1.29 is 9.21 Å². The summed E-state index contributed by atoms with van der Waals surface area (Å²) < 4.78 is 7.11. The normalized spacial score (nSPS) is 10.9. The molecule has 0 aliphatic rings. The van der Waals surface area contributed by atoms with Crippen molar-refractivity contribution in [1.29, 1.82) is 0 Å². The summed E-state index contributed by atoms with van der Waals surface area (Å²) in [7, 11) is 0. The third-order valence-electron chi connectivity index (χ3n) is 3.01. The Balaban J connectivity index is 2.22. The molecule has 6 nitrogen and oxygen atoms in total. The van der Waals surface area contributed by atoms with Gasteiger partial charge in [0.15, 0.2) is 12.2 Å². The van der Waals surface area contributed by atoms with E-state index < -0.39 is 0 Å². The minimum absolute atomic E-state index is 0.144. The van der Waals surface area contributed by atoms with Crippen LogP contribution in [-0.2, 0) is 0 Å². The molecule has 0 aromatic carbocycles. The van der Waals surface area contributed by atoms with E-state index in [0.29, 0.717) is 23.6 Å². The first kappa shape index (κ1) is 12.4. The average molecular weight is 270 g/mol. The molecule has 102 valence electrons. The van der Waals surface area contributed by atoms with E-state index in [-0.39, 0.29) is 5.91 Å². The Morgan fingerprint density at radius 1 is 1.45 bits per heavy atom. The molecular formula is C14H14N4O2. The van der Waals surface area contributed by atoms with Gasteiger partial charge in [-0.3, -0.25) is 9.20 Å². The number of aromatic nitrogens is 3. The SMILES string of the molecule is CCNC(=O)c1cnc2c(-c3cnco3)cc(C)cn12. The zero-order valence-corrected chi connectivity index (χ0v) is 11.3. The maximum Gasteiger partial charge on any atom is 0.269 e. The summed E-state index contributed by atoms with van der Waals surface area (Å²) in [5.41, 5.74) is 3.01. The van der Waals surface area contributed by atoms with Crippen molar-refractivity contribution in [2.45, 2.75) is 13.8 Å². The number of nitrogens with one attached hydrogen (secondary N) is 1. The predicted molar refractivity (Wildman–Crippen MR) is 73.4 cm³/mol. The maximum absolute atomic E-state index is 12.0. The van der Waals surface area contributed by atoms with Gasteiger partial charge in [-0.25, -0.2) is 9.97 Å². The molecule has 1 N–H and O–H groups in total. The summed E-state index contributed by atoms with van der Waals surface area (Å²) in [6.45, 7) is 4.42. The number of hydrogen-bond donors (Lipinski definition) is 1. The number of aryl methyl sites for hydroxylation is 1. The summed E-state index contributed by atoms with van der Waals surface area (Å²) in [5.74, 6) is 0.487. The number of carbonyl (C=O) groups is 1. The van der Waals surface area contributed by atoms with Crippen molar-refractivity contribution in [2.75, 3.05) is 6.54 Å². The molecule has 0 aliphatic heterocycles. The Labute approximate surface area is 115 Å². The third-order valence-corrected chi connectivity index (χ3v) is 3.01. The molecule has 3 rings (SSSR count).